The third kappa shape index (κ3) is 5.60. The Hall–Kier alpha value is -1.57. The normalized spacial score (nSPS) is 13.8. The molecule has 0 radical (unpaired) electrons. The third-order valence-corrected chi connectivity index (χ3v) is 3.02. The van der Waals surface area contributed by atoms with E-state index in [1.54, 1.807) is 0 Å². The highest BCUT2D eigenvalue weighted by Gasteiger charge is 2.23. The van der Waals surface area contributed by atoms with Crippen molar-refractivity contribution in [3.8, 4) is 11.8 Å². The van der Waals surface area contributed by atoms with Crippen molar-refractivity contribution in [2.24, 2.45) is 0 Å². The summed E-state index contributed by atoms with van der Waals surface area (Å²) in [4.78, 5) is 0. The van der Waals surface area contributed by atoms with Gasteiger partial charge in [-0.05, 0) is 51.3 Å². The molecule has 0 fully saturated rings. The lowest BCUT2D eigenvalue weighted by Crippen LogP contribution is -2.45. The molecule has 1 rings (SSSR count). The van der Waals surface area contributed by atoms with E-state index in [2.05, 4.69) is 11.4 Å². The maximum Gasteiger partial charge on any atom is 0.119 e. The summed E-state index contributed by atoms with van der Waals surface area (Å²) in [5, 5.41) is 21.6. The van der Waals surface area contributed by atoms with E-state index < -0.39 is 5.54 Å². The van der Waals surface area contributed by atoms with Gasteiger partial charge in [0.15, 0.2) is 0 Å². The summed E-state index contributed by atoms with van der Waals surface area (Å²) >= 11 is 0. The molecule has 20 heavy (non-hydrogen) atoms. The molecule has 4 nitrogen and oxygen atoms in total. The van der Waals surface area contributed by atoms with E-state index in [-0.39, 0.29) is 12.6 Å². The minimum Gasteiger partial charge on any atom is -0.494 e. The van der Waals surface area contributed by atoms with Gasteiger partial charge in [-0.15, -0.1) is 0 Å². The number of benzene rings is 1. The molecule has 0 amide bonds. The number of nitriles is 1. The Labute approximate surface area is 121 Å². The number of hydrogen-bond donors (Lipinski definition) is 2. The molecule has 0 saturated carbocycles. The smallest absolute Gasteiger partial charge is 0.119 e. The zero-order chi connectivity index (χ0) is 15.0. The predicted octanol–water partition coefficient (Wildman–Crippen LogP) is 2.62. The Balaban J connectivity index is 2.39. The predicted molar refractivity (Wildman–Crippen MR) is 79.4 cm³/mol. The maximum atomic E-state index is 9.24. The van der Waals surface area contributed by atoms with Crippen molar-refractivity contribution in [1.82, 2.24) is 5.32 Å². The standard InChI is InChI=1S/C16H24N2O2/c1-13(2)18-16(3,12-17)8-5-9-20-15-7-4-6-14(10-15)11-19/h4,6-7,10,13,18-19H,5,8-9,11H2,1-3H3. The molecule has 0 aliphatic rings. The van der Waals surface area contributed by atoms with Crippen molar-refractivity contribution < 1.29 is 9.84 Å². The van der Waals surface area contributed by atoms with Gasteiger partial charge in [-0.3, -0.25) is 5.32 Å². The van der Waals surface area contributed by atoms with Crippen LogP contribution in [0.1, 0.15) is 39.2 Å². The first-order chi connectivity index (χ1) is 9.49. The topological polar surface area (TPSA) is 65.3 Å². The second-order valence-corrected chi connectivity index (χ2v) is 5.50. The quantitative estimate of drug-likeness (QED) is 0.716. The Morgan fingerprint density at radius 3 is 2.80 bits per heavy atom. The summed E-state index contributed by atoms with van der Waals surface area (Å²) in [6.07, 6.45) is 1.54. The zero-order valence-electron chi connectivity index (χ0n) is 12.5. The molecule has 0 heterocycles. The Morgan fingerprint density at radius 2 is 2.20 bits per heavy atom. The first-order valence-corrected chi connectivity index (χ1v) is 7.00. The lowest BCUT2D eigenvalue weighted by Gasteiger charge is -2.25. The summed E-state index contributed by atoms with van der Waals surface area (Å²) < 4.78 is 5.65. The zero-order valence-corrected chi connectivity index (χ0v) is 12.5. The molecule has 1 aromatic rings. The Kier molecular flexibility index (Phi) is 6.50. The van der Waals surface area contributed by atoms with Crippen LogP contribution in [0.3, 0.4) is 0 Å². The van der Waals surface area contributed by atoms with Gasteiger partial charge in [0.1, 0.15) is 11.3 Å². The van der Waals surface area contributed by atoms with Gasteiger partial charge in [-0.25, -0.2) is 0 Å². The van der Waals surface area contributed by atoms with E-state index in [0.29, 0.717) is 6.61 Å². The number of aliphatic hydroxyl groups is 1. The van der Waals surface area contributed by atoms with E-state index in [9.17, 15) is 5.26 Å². The highest BCUT2D eigenvalue weighted by Crippen LogP contribution is 2.16. The largest absolute Gasteiger partial charge is 0.494 e. The molecular formula is C16H24N2O2. The first kappa shape index (κ1) is 16.5. The first-order valence-electron chi connectivity index (χ1n) is 7.00. The fourth-order valence-corrected chi connectivity index (χ4v) is 2.15. The van der Waals surface area contributed by atoms with Gasteiger partial charge in [0, 0.05) is 6.04 Å². The summed E-state index contributed by atoms with van der Waals surface area (Å²) in [7, 11) is 0. The van der Waals surface area contributed by atoms with Crippen LogP contribution in [0.15, 0.2) is 24.3 Å². The molecule has 0 bridgehead atoms. The van der Waals surface area contributed by atoms with Crippen LogP contribution >= 0.6 is 0 Å². The van der Waals surface area contributed by atoms with E-state index in [0.717, 1.165) is 24.2 Å². The number of nitrogens with zero attached hydrogens (tertiary/aromatic N) is 1. The fraction of sp³-hybridized carbons (Fsp3) is 0.562. The number of hydrogen-bond acceptors (Lipinski definition) is 4. The molecule has 0 aromatic heterocycles. The minimum atomic E-state index is -0.509. The number of nitrogens with one attached hydrogen (secondary N) is 1. The molecule has 0 saturated heterocycles. The summed E-state index contributed by atoms with van der Waals surface area (Å²) in [5.74, 6) is 0.757. The van der Waals surface area contributed by atoms with E-state index in [1.165, 1.54) is 0 Å². The van der Waals surface area contributed by atoms with Crippen LogP contribution in [0.25, 0.3) is 0 Å². The van der Waals surface area contributed by atoms with Crippen LogP contribution in [0.5, 0.6) is 5.75 Å². The molecule has 0 spiro atoms. The van der Waals surface area contributed by atoms with Crippen molar-refractivity contribution in [1.29, 1.82) is 5.26 Å². The van der Waals surface area contributed by atoms with Crippen LogP contribution < -0.4 is 10.1 Å². The molecule has 110 valence electrons. The molecule has 2 N–H and O–H groups in total. The second kappa shape index (κ2) is 7.88. The van der Waals surface area contributed by atoms with Crippen molar-refractivity contribution in [2.75, 3.05) is 6.61 Å². The monoisotopic (exact) mass is 276 g/mol. The van der Waals surface area contributed by atoms with Gasteiger partial charge in [0.05, 0.1) is 19.3 Å². The average molecular weight is 276 g/mol. The molecule has 1 aromatic carbocycles. The minimum absolute atomic E-state index is 0.0159. The van der Waals surface area contributed by atoms with E-state index in [1.807, 2.05) is 45.0 Å². The van der Waals surface area contributed by atoms with Gasteiger partial charge in [-0.1, -0.05) is 12.1 Å². The van der Waals surface area contributed by atoms with Crippen molar-refractivity contribution in [3.63, 3.8) is 0 Å². The van der Waals surface area contributed by atoms with Crippen molar-refractivity contribution in [3.05, 3.63) is 29.8 Å². The Morgan fingerprint density at radius 1 is 1.45 bits per heavy atom. The van der Waals surface area contributed by atoms with Crippen LogP contribution in [0.4, 0.5) is 0 Å². The third-order valence-electron chi connectivity index (χ3n) is 3.02. The van der Waals surface area contributed by atoms with Gasteiger partial charge >= 0.3 is 0 Å². The molecule has 0 aliphatic carbocycles. The molecule has 4 heteroatoms. The van der Waals surface area contributed by atoms with Crippen LogP contribution in [-0.2, 0) is 6.61 Å². The maximum absolute atomic E-state index is 9.24. The molecular weight excluding hydrogens is 252 g/mol. The molecule has 1 unspecified atom stereocenters. The molecule has 0 aliphatic heterocycles. The molecule has 1 atom stereocenters. The number of rotatable bonds is 8. The van der Waals surface area contributed by atoms with E-state index >= 15 is 0 Å². The average Bonchev–Trinajstić information content (AvgIpc) is 2.43. The summed E-state index contributed by atoms with van der Waals surface area (Å²) in [6.45, 7) is 6.56. The van der Waals surface area contributed by atoms with Crippen LogP contribution in [0.2, 0.25) is 0 Å². The Bertz CT molecular complexity index is 454. The number of aliphatic hydroxyl groups excluding tert-OH is 1. The van der Waals surface area contributed by atoms with Gasteiger partial charge in [0.25, 0.3) is 0 Å². The van der Waals surface area contributed by atoms with E-state index in [4.69, 9.17) is 9.84 Å². The highest BCUT2D eigenvalue weighted by molar-refractivity contribution is 5.27. The lowest BCUT2D eigenvalue weighted by molar-refractivity contribution is 0.272. The van der Waals surface area contributed by atoms with Crippen molar-refractivity contribution in [2.45, 2.75) is 51.8 Å². The van der Waals surface area contributed by atoms with Gasteiger partial charge in [-0.2, -0.15) is 5.26 Å². The fourth-order valence-electron chi connectivity index (χ4n) is 2.15. The van der Waals surface area contributed by atoms with Gasteiger partial charge in [0.2, 0.25) is 0 Å². The number of ether oxygens (including phenoxy) is 1. The summed E-state index contributed by atoms with van der Waals surface area (Å²) in [6, 6.07) is 10.0. The van der Waals surface area contributed by atoms with Crippen molar-refractivity contribution >= 4 is 0 Å². The summed E-state index contributed by atoms with van der Waals surface area (Å²) in [5.41, 5.74) is 0.329. The SMILES string of the molecule is CC(C)NC(C)(C#N)CCCOc1cccc(CO)c1. The van der Waals surface area contributed by atoms with Crippen LogP contribution in [0, 0.1) is 11.3 Å². The lowest BCUT2D eigenvalue weighted by atomic mass is 9.97. The second-order valence-electron chi connectivity index (χ2n) is 5.50. The highest BCUT2D eigenvalue weighted by atomic mass is 16.5. The van der Waals surface area contributed by atoms with Crippen LogP contribution in [-0.4, -0.2) is 23.3 Å². The van der Waals surface area contributed by atoms with Gasteiger partial charge < -0.3 is 9.84 Å².